The highest BCUT2D eigenvalue weighted by atomic mass is 32.2. The Morgan fingerprint density at radius 2 is 1.85 bits per heavy atom. The minimum atomic E-state index is -0.135. The molecule has 0 bridgehead atoms. The fourth-order valence-electron chi connectivity index (χ4n) is 3.64. The number of rotatable bonds is 6. The van der Waals surface area contributed by atoms with E-state index in [2.05, 4.69) is 46.0 Å². The normalized spacial score (nSPS) is 19.3. The Hall–Kier alpha value is -1.82. The Morgan fingerprint density at radius 1 is 1.15 bits per heavy atom. The van der Waals surface area contributed by atoms with Gasteiger partial charge in [0.05, 0.1) is 11.8 Å². The van der Waals surface area contributed by atoms with Crippen molar-refractivity contribution < 1.29 is 4.79 Å². The zero-order valence-electron chi connectivity index (χ0n) is 16.2. The van der Waals surface area contributed by atoms with Crippen LogP contribution in [0.5, 0.6) is 0 Å². The van der Waals surface area contributed by atoms with Crippen LogP contribution in [0.15, 0.2) is 35.5 Å². The average molecular weight is 385 g/mol. The van der Waals surface area contributed by atoms with Crippen LogP contribution >= 0.6 is 11.8 Å². The molecular formula is C21H28N4OS. The molecule has 5 nitrogen and oxygen atoms in total. The van der Waals surface area contributed by atoms with Crippen molar-refractivity contribution in [2.45, 2.75) is 62.4 Å². The summed E-state index contributed by atoms with van der Waals surface area (Å²) in [6.07, 6.45) is 4.61. The monoisotopic (exact) mass is 384 g/mol. The van der Waals surface area contributed by atoms with Crippen molar-refractivity contribution in [2.24, 2.45) is 5.92 Å². The first-order chi connectivity index (χ1) is 13.1. The smallest absolute Gasteiger partial charge is 0.235 e. The van der Waals surface area contributed by atoms with Gasteiger partial charge in [0, 0.05) is 19.0 Å². The van der Waals surface area contributed by atoms with Crippen LogP contribution in [-0.2, 0) is 11.3 Å². The van der Waals surface area contributed by atoms with Crippen LogP contribution in [0.1, 0.15) is 56.8 Å². The lowest BCUT2D eigenvalue weighted by molar-refractivity contribution is -0.131. The number of hydrogen-bond acceptors (Lipinski definition) is 4. The second-order valence-electron chi connectivity index (χ2n) is 7.95. The van der Waals surface area contributed by atoms with Gasteiger partial charge in [-0.1, -0.05) is 49.0 Å². The fraction of sp³-hybridized carbons (Fsp3) is 0.571. The Bertz CT molecular complexity index is 779. The maximum absolute atomic E-state index is 12.9. The molecule has 6 heteroatoms. The first-order valence-corrected chi connectivity index (χ1v) is 10.9. The van der Waals surface area contributed by atoms with E-state index < -0.39 is 0 Å². The zero-order valence-corrected chi connectivity index (χ0v) is 17.0. The Kier molecular flexibility index (Phi) is 5.53. The molecule has 2 heterocycles. The number of benzene rings is 1. The van der Waals surface area contributed by atoms with Gasteiger partial charge < -0.3 is 9.47 Å². The molecule has 1 aliphatic heterocycles. The highest BCUT2D eigenvalue weighted by molar-refractivity contribution is 8.00. The molecule has 0 spiro atoms. The molecule has 2 aromatic rings. The van der Waals surface area contributed by atoms with Gasteiger partial charge in [0.2, 0.25) is 5.91 Å². The molecule has 1 aliphatic carbocycles. The summed E-state index contributed by atoms with van der Waals surface area (Å²) in [5, 5.41) is 9.67. The molecule has 0 unspecified atom stereocenters. The van der Waals surface area contributed by atoms with E-state index in [9.17, 15) is 4.79 Å². The second kappa shape index (κ2) is 8.05. The summed E-state index contributed by atoms with van der Waals surface area (Å²) in [5.41, 5.74) is 1.24. The topological polar surface area (TPSA) is 51.0 Å². The highest BCUT2D eigenvalue weighted by Gasteiger charge is 2.32. The predicted molar refractivity (Wildman–Crippen MR) is 108 cm³/mol. The molecule has 1 atom stereocenters. The van der Waals surface area contributed by atoms with E-state index in [1.807, 2.05) is 17.9 Å². The minimum absolute atomic E-state index is 0.135. The number of nitrogens with zero attached hydrogens (tertiary/aromatic N) is 4. The summed E-state index contributed by atoms with van der Waals surface area (Å²) < 4.78 is 2.22. The van der Waals surface area contributed by atoms with Gasteiger partial charge in [0.25, 0.3) is 0 Å². The quantitative estimate of drug-likeness (QED) is 0.708. The van der Waals surface area contributed by atoms with Crippen LogP contribution in [0, 0.1) is 5.92 Å². The van der Waals surface area contributed by atoms with E-state index in [0.29, 0.717) is 5.92 Å². The molecule has 0 N–H and O–H groups in total. The van der Waals surface area contributed by atoms with Gasteiger partial charge in [-0.05, 0) is 44.1 Å². The summed E-state index contributed by atoms with van der Waals surface area (Å²) in [4.78, 5) is 14.9. The Balaban J connectivity index is 1.48. The van der Waals surface area contributed by atoms with Crippen molar-refractivity contribution in [1.82, 2.24) is 19.7 Å². The van der Waals surface area contributed by atoms with E-state index in [0.717, 1.165) is 49.4 Å². The van der Waals surface area contributed by atoms with E-state index in [1.165, 1.54) is 18.4 Å². The van der Waals surface area contributed by atoms with Gasteiger partial charge in [0.1, 0.15) is 5.82 Å². The van der Waals surface area contributed by atoms with Gasteiger partial charge in [0.15, 0.2) is 5.16 Å². The van der Waals surface area contributed by atoms with Crippen LogP contribution in [0.25, 0.3) is 0 Å². The van der Waals surface area contributed by atoms with Gasteiger partial charge >= 0.3 is 0 Å². The summed E-state index contributed by atoms with van der Waals surface area (Å²) in [6.45, 7) is 6.81. The van der Waals surface area contributed by atoms with Crippen LogP contribution in [0.3, 0.4) is 0 Å². The van der Waals surface area contributed by atoms with E-state index >= 15 is 0 Å². The third kappa shape index (κ3) is 4.37. The number of thioether (sulfide) groups is 1. The SMILES string of the molecule is CC1CCN(C(=O)[C@@H](C)Sc2nnc(C3CC3)n2Cc2ccccc2)CC1. The summed E-state index contributed by atoms with van der Waals surface area (Å²) in [6, 6.07) is 10.4. The second-order valence-corrected chi connectivity index (χ2v) is 9.26. The summed E-state index contributed by atoms with van der Waals surface area (Å²) in [7, 11) is 0. The maximum atomic E-state index is 12.9. The molecule has 2 fully saturated rings. The molecule has 1 amide bonds. The van der Waals surface area contributed by atoms with Gasteiger partial charge in [-0.2, -0.15) is 0 Å². The molecule has 27 heavy (non-hydrogen) atoms. The predicted octanol–water partition coefficient (Wildman–Crippen LogP) is 3.94. The molecule has 1 aromatic heterocycles. The largest absolute Gasteiger partial charge is 0.342 e. The number of carbonyl (C=O) groups is 1. The summed E-state index contributed by atoms with van der Waals surface area (Å²) in [5.74, 6) is 2.57. The number of amides is 1. The average Bonchev–Trinajstić information content (AvgIpc) is 3.46. The van der Waals surface area contributed by atoms with Gasteiger partial charge in [-0.3, -0.25) is 4.79 Å². The first-order valence-electron chi connectivity index (χ1n) is 10.0. The Morgan fingerprint density at radius 3 is 2.52 bits per heavy atom. The molecular weight excluding hydrogens is 356 g/mol. The summed E-state index contributed by atoms with van der Waals surface area (Å²) >= 11 is 1.56. The van der Waals surface area contributed by atoms with E-state index in [1.54, 1.807) is 11.8 Å². The van der Waals surface area contributed by atoms with Crippen molar-refractivity contribution in [1.29, 1.82) is 0 Å². The van der Waals surface area contributed by atoms with Crippen molar-refractivity contribution in [3.8, 4) is 0 Å². The standard InChI is InChI=1S/C21H28N4OS/c1-15-10-12-24(13-11-15)20(26)16(2)27-21-23-22-19(18-8-9-18)25(21)14-17-6-4-3-5-7-17/h3-7,15-16,18H,8-14H2,1-2H3/t16-/m1/s1. The lowest BCUT2D eigenvalue weighted by Crippen LogP contribution is -2.41. The van der Waals surface area contributed by atoms with Crippen LogP contribution in [0.2, 0.25) is 0 Å². The number of hydrogen-bond donors (Lipinski definition) is 0. The van der Waals surface area contributed by atoms with Crippen molar-refractivity contribution in [2.75, 3.05) is 13.1 Å². The molecule has 1 saturated carbocycles. The number of carbonyl (C=O) groups excluding carboxylic acids is 1. The van der Waals surface area contributed by atoms with Gasteiger partial charge in [-0.15, -0.1) is 10.2 Å². The zero-order chi connectivity index (χ0) is 18.8. The highest BCUT2D eigenvalue weighted by Crippen LogP contribution is 2.40. The van der Waals surface area contributed by atoms with Crippen molar-refractivity contribution >= 4 is 17.7 Å². The van der Waals surface area contributed by atoms with E-state index in [-0.39, 0.29) is 11.2 Å². The fourth-order valence-corrected chi connectivity index (χ4v) is 4.58. The molecule has 144 valence electrons. The maximum Gasteiger partial charge on any atom is 0.235 e. The molecule has 4 rings (SSSR count). The van der Waals surface area contributed by atoms with Crippen molar-refractivity contribution in [3.05, 3.63) is 41.7 Å². The third-order valence-corrected chi connectivity index (χ3v) is 6.66. The van der Waals surface area contributed by atoms with Crippen molar-refractivity contribution in [3.63, 3.8) is 0 Å². The van der Waals surface area contributed by atoms with Gasteiger partial charge in [-0.25, -0.2) is 0 Å². The molecule has 2 aliphatic rings. The first kappa shape index (κ1) is 18.5. The number of likely N-dealkylation sites (tertiary alicyclic amines) is 1. The lowest BCUT2D eigenvalue weighted by atomic mass is 9.99. The van der Waals surface area contributed by atoms with Crippen LogP contribution in [0.4, 0.5) is 0 Å². The molecule has 1 aromatic carbocycles. The van der Waals surface area contributed by atoms with Crippen LogP contribution < -0.4 is 0 Å². The Labute approximate surface area is 165 Å². The number of piperidine rings is 1. The third-order valence-electron chi connectivity index (χ3n) is 5.60. The lowest BCUT2D eigenvalue weighted by Gasteiger charge is -2.32. The van der Waals surface area contributed by atoms with Crippen LogP contribution in [-0.4, -0.2) is 43.9 Å². The minimum Gasteiger partial charge on any atom is -0.342 e. The number of aromatic nitrogens is 3. The molecule has 1 saturated heterocycles. The van der Waals surface area contributed by atoms with E-state index in [4.69, 9.17) is 0 Å². The molecule has 0 radical (unpaired) electrons.